The lowest BCUT2D eigenvalue weighted by Gasteiger charge is -2.20. The number of nitro benzene ring substituents is 1. The number of rotatable bonds is 3. The van der Waals surface area contributed by atoms with E-state index in [0.717, 1.165) is 0 Å². The van der Waals surface area contributed by atoms with E-state index in [9.17, 15) is 24.8 Å². The quantitative estimate of drug-likeness (QED) is 0.305. The molecule has 2 aromatic carbocycles. The molecule has 0 aromatic heterocycles. The molecule has 1 amide bonds. The second-order valence-electron chi connectivity index (χ2n) is 5.63. The van der Waals surface area contributed by atoms with E-state index in [2.05, 4.69) is 0 Å². The summed E-state index contributed by atoms with van der Waals surface area (Å²) in [6.45, 7) is 0. The fourth-order valence-electron chi connectivity index (χ4n) is 2.90. The Morgan fingerprint density at radius 1 is 1.12 bits per heavy atom. The lowest BCUT2D eigenvalue weighted by Crippen LogP contribution is -2.24. The molecular formula is C18H14N2O5. The van der Waals surface area contributed by atoms with Crippen LogP contribution in [0.4, 0.5) is 5.69 Å². The Morgan fingerprint density at radius 2 is 1.80 bits per heavy atom. The van der Waals surface area contributed by atoms with Gasteiger partial charge in [-0.3, -0.25) is 19.7 Å². The van der Waals surface area contributed by atoms with Gasteiger partial charge >= 0.3 is 0 Å². The summed E-state index contributed by atoms with van der Waals surface area (Å²) in [4.78, 5) is 36.2. The molecule has 1 fully saturated rings. The van der Waals surface area contributed by atoms with Gasteiger partial charge in [0.05, 0.1) is 16.5 Å². The van der Waals surface area contributed by atoms with E-state index in [-0.39, 0.29) is 17.0 Å². The van der Waals surface area contributed by atoms with Gasteiger partial charge in [0.25, 0.3) is 17.4 Å². The van der Waals surface area contributed by atoms with Gasteiger partial charge in [0.15, 0.2) is 0 Å². The van der Waals surface area contributed by atoms with Crippen LogP contribution in [0.2, 0.25) is 0 Å². The van der Waals surface area contributed by atoms with E-state index in [4.69, 9.17) is 0 Å². The molecule has 1 N–H and O–H groups in total. The first-order chi connectivity index (χ1) is 11.9. The molecule has 0 unspecified atom stereocenters. The summed E-state index contributed by atoms with van der Waals surface area (Å²) >= 11 is 0. The van der Waals surface area contributed by atoms with Crippen LogP contribution in [0.5, 0.6) is 0 Å². The van der Waals surface area contributed by atoms with Gasteiger partial charge in [-0.25, -0.2) is 0 Å². The van der Waals surface area contributed by atoms with Gasteiger partial charge in [-0.2, -0.15) is 0 Å². The van der Waals surface area contributed by atoms with Crippen molar-refractivity contribution < 1.29 is 19.6 Å². The summed E-state index contributed by atoms with van der Waals surface area (Å²) in [5, 5.41) is 21.6. The maximum Gasteiger partial charge on any atom is 0.295 e. The van der Waals surface area contributed by atoms with Crippen LogP contribution >= 0.6 is 0 Å². The molecule has 0 bridgehead atoms. The number of Topliss-reactive ketones (excluding diaryl/α,β-unsaturated/α-hetero) is 1. The highest BCUT2D eigenvalue weighted by molar-refractivity contribution is 6.46. The number of nitro groups is 1. The van der Waals surface area contributed by atoms with Crippen LogP contribution in [0, 0.1) is 10.1 Å². The average Bonchev–Trinajstić information content (AvgIpc) is 2.86. The second kappa shape index (κ2) is 6.20. The Balaban J connectivity index is 2.19. The number of likely N-dealkylation sites (tertiary alicyclic amines) is 1. The Morgan fingerprint density at radius 3 is 2.44 bits per heavy atom. The van der Waals surface area contributed by atoms with Crippen LogP contribution in [0.15, 0.2) is 60.2 Å². The van der Waals surface area contributed by atoms with E-state index < -0.39 is 22.7 Å². The van der Waals surface area contributed by atoms with E-state index in [1.54, 1.807) is 36.4 Å². The van der Waals surface area contributed by atoms with Crippen molar-refractivity contribution >= 4 is 23.1 Å². The minimum atomic E-state index is -0.889. The molecule has 1 aliphatic rings. The Hall–Kier alpha value is -3.48. The molecular weight excluding hydrogens is 324 g/mol. The average molecular weight is 338 g/mol. The molecule has 1 atom stereocenters. The first-order valence-electron chi connectivity index (χ1n) is 7.46. The van der Waals surface area contributed by atoms with Crippen LogP contribution in [0.3, 0.4) is 0 Å². The molecule has 7 heteroatoms. The maximum atomic E-state index is 12.4. The molecule has 0 saturated carbocycles. The van der Waals surface area contributed by atoms with Crippen molar-refractivity contribution in [2.75, 3.05) is 7.05 Å². The minimum absolute atomic E-state index is 0.0841. The number of aliphatic hydroxyl groups excluding tert-OH is 1. The monoisotopic (exact) mass is 338 g/mol. The lowest BCUT2D eigenvalue weighted by molar-refractivity contribution is -0.384. The van der Waals surface area contributed by atoms with Crippen LogP contribution < -0.4 is 0 Å². The van der Waals surface area contributed by atoms with Gasteiger partial charge in [0.1, 0.15) is 5.76 Å². The highest BCUT2D eigenvalue weighted by Crippen LogP contribution is 2.39. The highest BCUT2D eigenvalue weighted by atomic mass is 16.6. The highest BCUT2D eigenvalue weighted by Gasteiger charge is 2.44. The van der Waals surface area contributed by atoms with Crippen molar-refractivity contribution in [2.24, 2.45) is 0 Å². The standard InChI is InChI=1S/C18H14N2O5/c1-19-15(12-8-5-9-13(10-12)20(24)25)14(17(22)18(19)23)16(21)11-6-3-2-4-7-11/h2-10,15,21H,1H3/t15-/m0/s1. The SMILES string of the molecule is CN1C(=O)C(=O)C(=C(O)c2ccccc2)[C@@H]1c1cccc([N+](=O)[O-])c1. The maximum absolute atomic E-state index is 12.4. The van der Waals surface area contributed by atoms with Crippen molar-refractivity contribution in [1.82, 2.24) is 4.90 Å². The third-order valence-electron chi connectivity index (χ3n) is 4.12. The molecule has 0 radical (unpaired) electrons. The molecule has 25 heavy (non-hydrogen) atoms. The number of benzene rings is 2. The zero-order valence-corrected chi connectivity index (χ0v) is 13.2. The number of nitrogens with zero attached hydrogens (tertiary/aromatic N) is 2. The number of aliphatic hydroxyl groups is 1. The molecule has 7 nitrogen and oxygen atoms in total. The number of ketones is 1. The van der Waals surface area contributed by atoms with Crippen LogP contribution in [-0.2, 0) is 9.59 Å². The Labute approximate surface area is 143 Å². The van der Waals surface area contributed by atoms with Crippen molar-refractivity contribution in [2.45, 2.75) is 6.04 Å². The predicted octanol–water partition coefficient (Wildman–Crippen LogP) is 2.65. The fraction of sp³-hybridized carbons (Fsp3) is 0.111. The molecule has 0 aliphatic carbocycles. The largest absolute Gasteiger partial charge is 0.507 e. The second-order valence-corrected chi connectivity index (χ2v) is 5.63. The molecule has 1 saturated heterocycles. The van der Waals surface area contributed by atoms with Gasteiger partial charge in [0.2, 0.25) is 0 Å². The molecule has 126 valence electrons. The smallest absolute Gasteiger partial charge is 0.295 e. The summed E-state index contributed by atoms with van der Waals surface area (Å²) < 4.78 is 0. The Kier molecular flexibility index (Phi) is 4.06. The number of carbonyl (C=O) groups is 2. The summed E-state index contributed by atoms with van der Waals surface area (Å²) in [5.41, 5.74) is 0.535. The lowest BCUT2D eigenvalue weighted by atomic mass is 9.95. The molecule has 2 aromatic rings. The molecule has 1 aliphatic heterocycles. The van der Waals surface area contributed by atoms with Crippen molar-refractivity contribution in [3.05, 3.63) is 81.4 Å². The number of likely N-dealkylation sites (N-methyl/N-ethyl adjacent to an activating group) is 1. The Bertz CT molecular complexity index is 905. The van der Waals surface area contributed by atoms with Gasteiger partial charge in [0, 0.05) is 24.7 Å². The van der Waals surface area contributed by atoms with Crippen molar-refractivity contribution in [3.8, 4) is 0 Å². The third kappa shape index (κ3) is 2.76. The summed E-state index contributed by atoms with van der Waals surface area (Å²) in [5.74, 6) is -1.89. The van der Waals surface area contributed by atoms with E-state index in [1.165, 1.54) is 30.1 Å². The van der Waals surface area contributed by atoms with Gasteiger partial charge in [-0.15, -0.1) is 0 Å². The normalized spacial score (nSPS) is 19.2. The number of non-ortho nitro benzene ring substituents is 1. The van der Waals surface area contributed by atoms with Crippen LogP contribution in [-0.4, -0.2) is 33.7 Å². The van der Waals surface area contributed by atoms with Crippen molar-refractivity contribution in [1.29, 1.82) is 0 Å². The molecule has 1 heterocycles. The summed E-state index contributed by atoms with van der Waals surface area (Å²) in [6.07, 6.45) is 0. The van der Waals surface area contributed by atoms with Crippen molar-refractivity contribution in [3.63, 3.8) is 0 Å². The first-order valence-corrected chi connectivity index (χ1v) is 7.46. The first kappa shape index (κ1) is 16.4. The summed E-state index contributed by atoms with van der Waals surface area (Å²) in [6, 6.07) is 13.2. The van der Waals surface area contributed by atoms with Gasteiger partial charge in [-0.05, 0) is 5.56 Å². The minimum Gasteiger partial charge on any atom is -0.507 e. The summed E-state index contributed by atoms with van der Waals surface area (Å²) in [7, 11) is 1.43. The zero-order chi connectivity index (χ0) is 18.1. The molecule has 0 spiro atoms. The van der Waals surface area contributed by atoms with E-state index >= 15 is 0 Å². The molecule has 3 rings (SSSR count). The van der Waals surface area contributed by atoms with Gasteiger partial charge < -0.3 is 10.0 Å². The van der Waals surface area contributed by atoms with E-state index in [0.29, 0.717) is 11.1 Å². The zero-order valence-electron chi connectivity index (χ0n) is 13.2. The van der Waals surface area contributed by atoms with E-state index in [1.807, 2.05) is 0 Å². The predicted molar refractivity (Wildman–Crippen MR) is 89.6 cm³/mol. The fourth-order valence-corrected chi connectivity index (χ4v) is 2.90. The number of carbonyl (C=O) groups excluding carboxylic acids is 2. The number of hydrogen-bond acceptors (Lipinski definition) is 5. The number of hydrogen-bond donors (Lipinski definition) is 1. The topological polar surface area (TPSA) is 101 Å². The van der Waals surface area contributed by atoms with Gasteiger partial charge in [-0.1, -0.05) is 42.5 Å². The number of amides is 1. The van der Waals surface area contributed by atoms with Crippen LogP contribution in [0.1, 0.15) is 17.2 Å². The van der Waals surface area contributed by atoms with Crippen LogP contribution in [0.25, 0.3) is 5.76 Å². The third-order valence-corrected chi connectivity index (χ3v) is 4.12.